The summed E-state index contributed by atoms with van der Waals surface area (Å²) in [6.45, 7) is 4.13. The van der Waals surface area contributed by atoms with Crippen molar-refractivity contribution in [3.05, 3.63) is 96.4 Å². The van der Waals surface area contributed by atoms with Gasteiger partial charge in [0.1, 0.15) is 0 Å². The van der Waals surface area contributed by atoms with Crippen LogP contribution >= 0.6 is 0 Å². The number of nitrogens with zero attached hydrogens (tertiary/aromatic N) is 4. The summed E-state index contributed by atoms with van der Waals surface area (Å²) in [5, 5.41) is 12.7. The first-order valence-electron chi connectivity index (χ1n) is 10.7. The van der Waals surface area contributed by atoms with E-state index in [0.717, 1.165) is 27.8 Å². The summed E-state index contributed by atoms with van der Waals surface area (Å²) in [7, 11) is 0. The van der Waals surface area contributed by atoms with Gasteiger partial charge >= 0.3 is 0 Å². The van der Waals surface area contributed by atoms with Crippen LogP contribution in [0.15, 0.2) is 85.1 Å². The Hall–Kier alpha value is -4.06. The molecule has 1 unspecified atom stereocenters. The van der Waals surface area contributed by atoms with Crippen molar-refractivity contribution in [2.24, 2.45) is 5.92 Å². The van der Waals surface area contributed by atoms with Crippen LogP contribution in [0.5, 0.6) is 0 Å². The second-order valence-corrected chi connectivity index (χ2v) is 8.12. The number of pyridine rings is 2. The Kier molecular flexibility index (Phi) is 5.11. The second kappa shape index (κ2) is 8.23. The van der Waals surface area contributed by atoms with E-state index in [1.54, 1.807) is 0 Å². The number of rotatable bonds is 5. The van der Waals surface area contributed by atoms with Gasteiger partial charge in [0.15, 0.2) is 11.5 Å². The molecule has 0 radical (unpaired) electrons. The summed E-state index contributed by atoms with van der Waals surface area (Å²) in [5.41, 5.74) is 3.87. The summed E-state index contributed by atoms with van der Waals surface area (Å²) in [4.78, 5) is 18.4. The van der Waals surface area contributed by atoms with Crippen molar-refractivity contribution >= 4 is 22.5 Å². The second-order valence-electron chi connectivity index (χ2n) is 8.12. The molecule has 0 fully saturated rings. The molecule has 1 amide bonds. The highest BCUT2D eigenvalue weighted by molar-refractivity contribution is 6.07. The molecule has 6 nitrogen and oxygen atoms in total. The summed E-state index contributed by atoms with van der Waals surface area (Å²) < 4.78 is 1.92. The molecule has 0 aliphatic rings. The number of nitrogens with one attached hydrogen (secondary N) is 1. The Morgan fingerprint density at radius 1 is 0.906 bits per heavy atom. The SMILES string of the molecule is CC(C)C(NC(=O)c1cc(-c2ccccc2)nc2ccccc12)c1nnc2ccccn12. The van der Waals surface area contributed by atoms with Crippen LogP contribution in [0.3, 0.4) is 0 Å². The van der Waals surface area contributed by atoms with E-state index in [1.807, 2.05) is 89.5 Å². The van der Waals surface area contributed by atoms with Crippen molar-refractivity contribution in [3.8, 4) is 11.3 Å². The molecule has 6 heteroatoms. The van der Waals surface area contributed by atoms with E-state index in [4.69, 9.17) is 4.98 Å². The summed E-state index contributed by atoms with van der Waals surface area (Å²) in [6, 6.07) is 25.0. The van der Waals surface area contributed by atoms with Gasteiger partial charge in [0.05, 0.1) is 22.8 Å². The largest absolute Gasteiger partial charge is 0.342 e. The Labute approximate surface area is 186 Å². The van der Waals surface area contributed by atoms with Crippen molar-refractivity contribution in [1.29, 1.82) is 0 Å². The number of fused-ring (bicyclic) bond motifs is 2. The lowest BCUT2D eigenvalue weighted by molar-refractivity contribution is 0.0924. The molecule has 0 aliphatic carbocycles. The van der Waals surface area contributed by atoms with Crippen molar-refractivity contribution in [3.63, 3.8) is 0 Å². The molecule has 5 aromatic rings. The lowest BCUT2D eigenvalue weighted by atomic mass is 10.0. The van der Waals surface area contributed by atoms with Gasteiger partial charge in [-0.3, -0.25) is 9.20 Å². The van der Waals surface area contributed by atoms with Crippen LogP contribution in [0.1, 0.15) is 36.1 Å². The van der Waals surface area contributed by atoms with Gasteiger partial charge in [-0.25, -0.2) is 4.98 Å². The molecule has 1 N–H and O–H groups in total. The van der Waals surface area contributed by atoms with Gasteiger partial charge in [-0.2, -0.15) is 0 Å². The highest BCUT2D eigenvalue weighted by atomic mass is 16.1. The van der Waals surface area contributed by atoms with Crippen LogP contribution < -0.4 is 5.32 Å². The summed E-state index contributed by atoms with van der Waals surface area (Å²) in [6.07, 6.45) is 1.92. The Morgan fingerprint density at radius 2 is 1.66 bits per heavy atom. The maximum Gasteiger partial charge on any atom is 0.252 e. The molecule has 3 heterocycles. The van der Waals surface area contributed by atoms with Gasteiger partial charge in [0.2, 0.25) is 0 Å². The van der Waals surface area contributed by atoms with E-state index >= 15 is 0 Å². The van der Waals surface area contributed by atoms with Gasteiger partial charge < -0.3 is 5.32 Å². The highest BCUT2D eigenvalue weighted by Crippen LogP contribution is 2.27. The van der Waals surface area contributed by atoms with Gasteiger partial charge in [0.25, 0.3) is 5.91 Å². The molecule has 158 valence electrons. The van der Waals surface area contributed by atoms with Crippen LogP contribution in [0.25, 0.3) is 27.8 Å². The average molecular weight is 422 g/mol. The smallest absolute Gasteiger partial charge is 0.252 e. The Balaban J connectivity index is 1.58. The predicted octanol–water partition coefficient (Wildman–Crippen LogP) is 5.07. The number of hydrogen-bond acceptors (Lipinski definition) is 4. The Morgan fingerprint density at radius 3 is 2.47 bits per heavy atom. The standard InChI is InChI=1S/C26H23N5O/c1-17(2)24(25-30-29-23-14-8-9-15-31(23)25)28-26(32)20-16-22(18-10-4-3-5-11-18)27-21-13-7-6-12-19(20)21/h3-17,24H,1-2H3,(H,28,32). The van der Waals surface area contributed by atoms with Gasteiger partial charge in [-0.05, 0) is 30.2 Å². The monoisotopic (exact) mass is 421 g/mol. The summed E-state index contributed by atoms with van der Waals surface area (Å²) >= 11 is 0. The van der Waals surface area contributed by atoms with Gasteiger partial charge in [-0.15, -0.1) is 10.2 Å². The third kappa shape index (κ3) is 3.60. The van der Waals surface area contributed by atoms with Crippen molar-refractivity contribution in [1.82, 2.24) is 24.9 Å². The van der Waals surface area contributed by atoms with Crippen molar-refractivity contribution < 1.29 is 4.79 Å². The fourth-order valence-electron chi connectivity index (χ4n) is 3.94. The number of hydrogen-bond donors (Lipinski definition) is 1. The maximum absolute atomic E-state index is 13.6. The predicted molar refractivity (Wildman–Crippen MR) is 125 cm³/mol. The number of para-hydroxylation sites is 1. The molecular formula is C26H23N5O. The molecule has 32 heavy (non-hydrogen) atoms. The molecule has 1 atom stereocenters. The average Bonchev–Trinajstić information content (AvgIpc) is 3.26. The maximum atomic E-state index is 13.6. The molecule has 2 aromatic carbocycles. The van der Waals surface area contributed by atoms with E-state index in [9.17, 15) is 4.79 Å². The number of carbonyl (C=O) groups is 1. The minimum atomic E-state index is -0.299. The first kappa shape index (κ1) is 19.9. The number of carbonyl (C=O) groups excluding carboxylic acids is 1. The van der Waals surface area contributed by atoms with E-state index < -0.39 is 0 Å². The van der Waals surface area contributed by atoms with Crippen LogP contribution in [-0.4, -0.2) is 25.5 Å². The molecule has 0 aliphatic heterocycles. The van der Waals surface area contributed by atoms with Crippen molar-refractivity contribution in [2.75, 3.05) is 0 Å². The minimum absolute atomic E-state index is 0.119. The highest BCUT2D eigenvalue weighted by Gasteiger charge is 2.25. The fourth-order valence-corrected chi connectivity index (χ4v) is 3.94. The molecule has 0 saturated carbocycles. The zero-order valence-corrected chi connectivity index (χ0v) is 17.9. The van der Waals surface area contributed by atoms with E-state index in [0.29, 0.717) is 11.4 Å². The zero-order valence-electron chi connectivity index (χ0n) is 17.9. The molecular weight excluding hydrogens is 398 g/mol. The Bertz CT molecular complexity index is 1410. The van der Waals surface area contributed by atoms with E-state index in [1.165, 1.54) is 0 Å². The molecule has 0 saturated heterocycles. The van der Waals surface area contributed by atoms with Gasteiger partial charge in [-0.1, -0.05) is 68.4 Å². The van der Waals surface area contributed by atoms with E-state index in [2.05, 4.69) is 29.4 Å². The number of benzene rings is 2. The zero-order chi connectivity index (χ0) is 22.1. The number of amides is 1. The lowest BCUT2D eigenvalue weighted by Crippen LogP contribution is -2.33. The van der Waals surface area contributed by atoms with Crippen LogP contribution in [0.2, 0.25) is 0 Å². The summed E-state index contributed by atoms with van der Waals surface area (Å²) in [5.74, 6) is 0.672. The molecule has 5 rings (SSSR count). The number of aromatic nitrogens is 4. The first-order valence-corrected chi connectivity index (χ1v) is 10.7. The third-order valence-electron chi connectivity index (χ3n) is 5.60. The minimum Gasteiger partial charge on any atom is -0.342 e. The normalized spacial score (nSPS) is 12.3. The van der Waals surface area contributed by atoms with Gasteiger partial charge in [0, 0.05) is 17.1 Å². The van der Waals surface area contributed by atoms with Crippen LogP contribution in [0, 0.1) is 5.92 Å². The van der Waals surface area contributed by atoms with Crippen LogP contribution in [0.4, 0.5) is 0 Å². The third-order valence-corrected chi connectivity index (χ3v) is 5.60. The topological polar surface area (TPSA) is 72.2 Å². The molecule has 3 aromatic heterocycles. The lowest BCUT2D eigenvalue weighted by Gasteiger charge is -2.21. The molecule has 0 spiro atoms. The van der Waals surface area contributed by atoms with Crippen LogP contribution in [-0.2, 0) is 0 Å². The van der Waals surface area contributed by atoms with E-state index in [-0.39, 0.29) is 17.9 Å². The fraction of sp³-hybridized carbons (Fsp3) is 0.154. The quantitative estimate of drug-likeness (QED) is 0.430. The molecule has 0 bridgehead atoms. The first-order chi connectivity index (χ1) is 15.6. The van der Waals surface area contributed by atoms with Crippen molar-refractivity contribution in [2.45, 2.75) is 19.9 Å².